The van der Waals surface area contributed by atoms with Gasteiger partial charge in [0.2, 0.25) is 0 Å². The molecule has 1 unspecified atom stereocenters. The summed E-state index contributed by atoms with van der Waals surface area (Å²) in [6, 6.07) is 8.43. The van der Waals surface area contributed by atoms with Gasteiger partial charge in [-0.25, -0.2) is 14.4 Å². The predicted molar refractivity (Wildman–Crippen MR) is 68.6 cm³/mol. The Labute approximate surface area is 106 Å². The highest BCUT2D eigenvalue weighted by atomic mass is 19.1. The molecule has 0 aliphatic heterocycles. The minimum absolute atomic E-state index is 0.0120. The van der Waals surface area contributed by atoms with Gasteiger partial charge in [-0.1, -0.05) is 19.1 Å². The van der Waals surface area contributed by atoms with Crippen molar-refractivity contribution in [2.45, 2.75) is 19.4 Å². The zero-order chi connectivity index (χ0) is 12.8. The number of nitrogens with one attached hydrogen (secondary N) is 1. The van der Waals surface area contributed by atoms with Gasteiger partial charge < -0.3 is 5.32 Å². The van der Waals surface area contributed by atoms with Crippen molar-refractivity contribution in [3.05, 3.63) is 59.9 Å². The number of rotatable bonds is 5. The Hall–Kier alpha value is -1.81. The maximum Gasteiger partial charge on any atom is 0.145 e. The Kier molecular flexibility index (Phi) is 4.36. The summed E-state index contributed by atoms with van der Waals surface area (Å²) >= 11 is 0. The van der Waals surface area contributed by atoms with Gasteiger partial charge in [-0.2, -0.15) is 0 Å². The van der Waals surface area contributed by atoms with E-state index in [-0.39, 0.29) is 11.9 Å². The molecule has 0 saturated carbocycles. The van der Waals surface area contributed by atoms with E-state index in [1.807, 2.05) is 13.0 Å². The van der Waals surface area contributed by atoms with Gasteiger partial charge >= 0.3 is 0 Å². The van der Waals surface area contributed by atoms with Crippen molar-refractivity contribution in [1.82, 2.24) is 15.3 Å². The molecule has 0 amide bonds. The molecule has 94 valence electrons. The lowest BCUT2D eigenvalue weighted by molar-refractivity contribution is 0.519. The number of hydrogen-bond acceptors (Lipinski definition) is 3. The van der Waals surface area contributed by atoms with E-state index >= 15 is 0 Å². The van der Waals surface area contributed by atoms with Crippen LogP contribution in [-0.2, 0) is 6.42 Å². The highest BCUT2D eigenvalue weighted by molar-refractivity contribution is 5.18. The van der Waals surface area contributed by atoms with E-state index in [2.05, 4.69) is 15.3 Å². The Morgan fingerprint density at radius 2 is 2.00 bits per heavy atom. The first kappa shape index (κ1) is 12.6. The summed E-state index contributed by atoms with van der Waals surface area (Å²) in [5.74, 6) is 0.528. The van der Waals surface area contributed by atoms with Gasteiger partial charge in [0.25, 0.3) is 0 Å². The molecule has 2 aromatic rings. The van der Waals surface area contributed by atoms with Crippen molar-refractivity contribution in [3.63, 3.8) is 0 Å². The van der Waals surface area contributed by atoms with Crippen molar-refractivity contribution in [2.75, 3.05) is 6.54 Å². The molecule has 3 nitrogen and oxygen atoms in total. The summed E-state index contributed by atoms with van der Waals surface area (Å²) < 4.78 is 13.2. The summed E-state index contributed by atoms with van der Waals surface area (Å²) in [5, 5.41) is 3.32. The quantitative estimate of drug-likeness (QED) is 0.879. The van der Waals surface area contributed by atoms with Crippen LogP contribution in [-0.4, -0.2) is 16.5 Å². The van der Waals surface area contributed by atoms with E-state index in [0.29, 0.717) is 6.42 Å². The fourth-order valence-corrected chi connectivity index (χ4v) is 1.89. The molecule has 0 radical (unpaired) electrons. The molecule has 0 fully saturated rings. The van der Waals surface area contributed by atoms with Crippen molar-refractivity contribution < 1.29 is 4.39 Å². The molecule has 1 aromatic carbocycles. The monoisotopic (exact) mass is 245 g/mol. The maximum absolute atomic E-state index is 13.2. The van der Waals surface area contributed by atoms with Crippen molar-refractivity contribution in [2.24, 2.45) is 0 Å². The molecule has 0 bridgehead atoms. The van der Waals surface area contributed by atoms with E-state index in [9.17, 15) is 4.39 Å². The summed E-state index contributed by atoms with van der Waals surface area (Å²) in [6.45, 7) is 2.85. The fraction of sp³-hybridized carbons (Fsp3) is 0.286. The van der Waals surface area contributed by atoms with E-state index in [1.165, 1.54) is 6.07 Å². The lowest BCUT2D eigenvalue weighted by Crippen LogP contribution is -2.24. The molecule has 0 saturated heterocycles. The lowest BCUT2D eigenvalue weighted by atomic mass is 10.1. The molecule has 0 aliphatic rings. The first-order chi connectivity index (χ1) is 8.79. The predicted octanol–water partition coefficient (Wildman–Crippen LogP) is 2.51. The Morgan fingerprint density at radius 1 is 1.22 bits per heavy atom. The summed E-state index contributed by atoms with van der Waals surface area (Å²) in [5.41, 5.74) is 0.938. The molecule has 2 rings (SSSR count). The molecule has 0 spiro atoms. The molecule has 18 heavy (non-hydrogen) atoms. The van der Waals surface area contributed by atoms with Crippen LogP contribution in [0, 0.1) is 5.82 Å². The van der Waals surface area contributed by atoms with E-state index < -0.39 is 0 Å². The molecule has 0 aliphatic carbocycles. The SMILES string of the molecule is CCNC(Cc1cccc(F)c1)c1ncccn1. The fourth-order valence-electron chi connectivity index (χ4n) is 1.89. The second kappa shape index (κ2) is 6.21. The number of nitrogens with zero attached hydrogens (tertiary/aromatic N) is 2. The smallest absolute Gasteiger partial charge is 0.145 e. The average Bonchev–Trinajstić information content (AvgIpc) is 2.39. The third-order valence-electron chi connectivity index (χ3n) is 2.68. The highest BCUT2D eigenvalue weighted by Gasteiger charge is 2.13. The average molecular weight is 245 g/mol. The van der Waals surface area contributed by atoms with Gasteiger partial charge in [-0.3, -0.25) is 0 Å². The first-order valence-electron chi connectivity index (χ1n) is 6.04. The van der Waals surface area contributed by atoms with E-state index in [4.69, 9.17) is 0 Å². The van der Waals surface area contributed by atoms with Crippen LogP contribution in [0.1, 0.15) is 24.4 Å². The normalized spacial score (nSPS) is 12.3. The Bertz CT molecular complexity index is 487. The molecular formula is C14H16FN3. The van der Waals surface area contributed by atoms with Crippen LogP contribution in [0.25, 0.3) is 0 Å². The van der Waals surface area contributed by atoms with Crippen molar-refractivity contribution >= 4 is 0 Å². The van der Waals surface area contributed by atoms with Crippen LogP contribution in [0.3, 0.4) is 0 Å². The van der Waals surface area contributed by atoms with Gasteiger partial charge in [0, 0.05) is 12.4 Å². The van der Waals surface area contributed by atoms with Crippen LogP contribution >= 0.6 is 0 Å². The minimum Gasteiger partial charge on any atom is -0.307 e. The number of halogens is 1. The Balaban J connectivity index is 2.16. The third-order valence-corrected chi connectivity index (χ3v) is 2.68. The lowest BCUT2D eigenvalue weighted by Gasteiger charge is -2.16. The number of likely N-dealkylation sites (N-methyl/N-ethyl adjacent to an activating group) is 1. The van der Waals surface area contributed by atoms with Gasteiger partial charge in [0.1, 0.15) is 11.6 Å². The topological polar surface area (TPSA) is 37.8 Å². The van der Waals surface area contributed by atoms with Crippen LogP contribution in [0.2, 0.25) is 0 Å². The summed E-state index contributed by atoms with van der Waals surface area (Å²) in [7, 11) is 0. The standard InChI is InChI=1S/C14H16FN3/c1-2-16-13(14-17-7-4-8-18-14)10-11-5-3-6-12(15)9-11/h3-9,13,16H,2,10H2,1H3. The molecule has 1 aromatic heterocycles. The number of aromatic nitrogens is 2. The number of hydrogen-bond donors (Lipinski definition) is 1. The number of benzene rings is 1. The van der Waals surface area contributed by atoms with Crippen LogP contribution in [0.15, 0.2) is 42.7 Å². The van der Waals surface area contributed by atoms with E-state index in [1.54, 1.807) is 30.6 Å². The third kappa shape index (κ3) is 3.34. The zero-order valence-electron chi connectivity index (χ0n) is 10.3. The van der Waals surface area contributed by atoms with Crippen LogP contribution in [0.5, 0.6) is 0 Å². The highest BCUT2D eigenvalue weighted by Crippen LogP contribution is 2.15. The second-order valence-electron chi connectivity index (χ2n) is 4.05. The maximum atomic E-state index is 13.2. The van der Waals surface area contributed by atoms with Crippen LogP contribution < -0.4 is 5.32 Å². The second-order valence-corrected chi connectivity index (χ2v) is 4.05. The van der Waals surface area contributed by atoms with Gasteiger partial charge in [-0.05, 0) is 36.7 Å². The molecule has 1 N–H and O–H groups in total. The minimum atomic E-state index is -0.211. The first-order valence-corrected chi connectivity index (χ1v) is 6.04. The van der Waals surface area contributed by atoms with Crippen LogP contribution in [0.4, 0.5) is 4.39 Å². The molecule has 1 atom stereocenters. The Morgan fingerprint density at radius 3 is 2.67 bits per heavy atom. The molecule has 4 heteroatoms. The summed E-state index contributed by atoms with van der Waals surface area (Å²) in [4.78, 5) is 8.50. The van der Waals surface area contributed by atoms with Gasteiger partial charge in [0.05, 0.1) is 6.04 Å². The van der Waals surface area contributed by atoms with Crippen molar-refractivity contribution in [3.8, 4) is 0 Å². The van der Waals surface area contributed by atoms with E-state index in [0.717, 1.165) is 17.9 Å². The van der Waals surface area contributed by atoms with Gasteiger partial charge in [0.15, 0.2) is 0 Å². The largest absolute Gasteiger partial charge is 0.307 e. The molecular weight excluding hydrogens is 229 g/mol. The van der Waals surface area contributed by atoms with Gasteiger partial charge in [-0.15, -0.1) is 0 Å². The molecule has 1 heterocycles. The van der Waals surface area contributed by atoms with Crippen molar-refractivity contribution in [1.29, 1.82) is 0 Å². The summed E-state index contributed by atoms with van der Waals surface area (Å²) in [6.07, 6.45) is 4.12. The zero-order valence-corrected chi connectivity index (χ0v) is 10.3.